The van der Waals surface area contributed by atoms with Gasteiger partial charge in [-0.1, -0.05) is 0 Å². The van der Waals surface area contributed by atoms with Crippen LogP contribution in [0.25, 0.3) is 5.69 Å². The van der Waals surface area contributed by atoms with Gasteiger partial charge in [0.05, 0.1) is 26.6 Å². The lowest BCUT2D eigenvalue weighted by Gasteiger charge is -2.04. The molecule has 6 heteroatoms. The van der Waals surface area contributed by atoms with E-state index in [0.717, 1.165) is 3.57 Å². The topological polar surface area (TPSA) is 78.9 Å². The minimum atomic E-state index is -1.05. The van der Waals surface area contributed by atoms with Gasteiger partial charge in [-0.15, -0.1) is 0 Å². The zero-order valence-corrected chi connectivity index (χ0v) is 10.6. The summed E-state index contributed by atoms with van der Waals surface area (Å²) < 4.78 is 2.49. The molecule has 0 saturated heterocycles. The smallest absolute Gasteiger partial charge is 0.335 e. The highest BCUT2D eigenvalue weighted by Gasteiger charge is 2.10. The fourth-order valence-corrected chi connectivity index (χ4v) is 1.78. The van der Waals surface area contributed by atoms with Crippen LogP contribution in [-0.4, -0.2) is 20.9 Å². The molecule has 0 saturated carbocycles. The van der Waals surface area contributed by atoms with Crippen molar-refractivity contribution in [1.82, 2.24) is 9.78 Å². The molecule has 0 amide bonds. The van der Waals surface area contributed by atoms with Gasteiger partial charge in [-0.05, 0) is 40.8 Å². The Morgan fingerprint density at radius 2 is 2.29 bits per heavy atom. The number of hydrogen-bond acceptors (Lipinski definition) is 3. The summed E-state index contributed by atoms with van der Waals surface area (Å²) in [6, 6.07) is 6.34. The highest BCUT2D eigenvalue weighted by Crippen LogP contribution is 2.16. The number of benzene rings is 1. The fourth-order valence-electron chi connectivity index (χ4n) is 1.39. The van der Waals surface area contributed by atoms with Crippen molar-refractivity contribution in [3.8, 4) is 11.8 Å². The van der Waals surface area contributed by atoms with Gasteiger partial charge in [-0.2, -0.15) is 10.4 Å². The third kappa shape index (κ3) is 2.29. The van der Waals surface area contributed by atoms with E-state index >= 15 is 0 Å². The largest absolute Gasteiger partial charge is 0.478 e. The Hall–Kier alpha value is -1.88. The van der Waals surface area contributed by atoms with Crippen molar-refractivity contribution >= 4 is 28.6 Å². The minimum Gasteiger partial charge on any atom is -0.478 e. The van der Waals surface area contributed by atoms with E-state index in [1.54, 1.807) is 23.1 Å². The van der Waals surface area contributed by atoms with E-state index in [4.69, 9.17) is 10.4 Å². The van der Waals surface area contributed by atoms with Gasteiger partial charge in [0.15, 0.2) is 0 Å². The number of carbonyl (C=O) groups is 1. The molecular formula is C11H6IN3O2. The number of halogens is 1. The number of rotatable bonds is 2. The molecule has 2 rings (SSSR count). The molecule has 17 heavy (non-hydrogen) atoms. The molecular weight excluding hydrogens is 333 g/mol. The molecule has 2 aromatic rings. The van der Waals surface area contributed by atoms with E-state index in [2.05, 4.69) is 27.7 Å². The predicted molar refractivity (Wildman–Crippen MR) is 68.0 cm³/mol. The quantitative estimate of drug-likeness (QED) is 0.850. The molecule has 0 atom stereocenters. The van der Waals surface area contributed by atoms with E-state index in [-0.39, 0.29) is 11.1 Å². The normalized spacial score (nSPS) is 9.88. The maximum absolute atomic E-state index is 10.8. The Balaban J connectivity index is 2.56. The van der Waals surface area contributed by atoms with Crippen molar-refractivity contribution in [3.05, 3.63) is 45.3 Å². The summed E-state index contributed by atoms with van der Waals surface area (Å²) in [5, 5.41) is 21.9. The fraction of sp³-hybridized carbons (Fsp3) is 0. The van der Waals surface area contributed by atoms with Crippen molar-refractivity contribution in [2.24, 2.45) is 0 Å². The van der Waals surface area contributed by atoms with Crippen molar-refractivity contribution < 1.29 is 9.90 Å². The number of carboxylic acids is 1. The van der Waals surface area contributed by atoms with Crippen LogP contribution in [0.5, 0.6) is 0 Å². The van der Waals surface area contributed by atoms with Crippen molar-refractivity contribution in [2.75, 3.05) is 0 Å². The number of aromatic nitrogens is 2. The third-order valence-electron chi connectivity index (χ3n) is 2.16. The zero-order valence-electron chi connectivity index (χ0n) is 8.46. The second kappa shape index (κ2) is 4.55. The molecule has 1 aromatic carbocycles. The lowest BCUT2D eigenvalue weighted by molar-refractivity contribution is 0.0697. The number of aromatic carboxylic acids is 1. The predicted octanol–water partition coefficient (Wildman–Crippen LogP) is 2.05. The minimum absolute atomic E-state index is 0.0900. The average molecular weight is 339 g/mol. The van der Waals surface area contributed by atoms with Gasteiger partial charge in [0.25, 0.3) is 0 Å². The first kappa shape index (κ1) is 11.6. The van der Waals surface area contributed by atoms with Crippen LogP contribution in [0, 0.1) is 14.9 Å². The van der Waals surface area contributed by atoms with Gasteiger partial charge < -0.3 is 5.11 Å². The van der Waals surface area contributed by atoms with Crippen molar-refractivity contribution in [3.63, 3.8) is 0 Å². The summed E-state index contributed by atoms with van der Waals surface area (Å²) in [7, 11) is 0. The highest BCUT2D eigenvalue weighted by atomic mass is 127. The van der Waals surface area contributed by atoms with E-state index in [1.165, 1.54) is 12.1 Å². The molecule has 0 aliphatic carbocycles. The van der Waals surface area contributed by atoms with Crippen molar-refractivity contribution in [1.29, 1.82) is 5.26 Å². The summed E-state index contributed by atoms with van der Waals surface area (Å²) in [5.74, 6) is -1.05. The summed E-state index contributed by atoms with van der Waals surface area (Å²) in [6.45, 7) is 0. The van der Waals surface area contributed by atoms with Gasteiger partial charge >= 0.3 is 5.97 Å². The first-order valence-electron chi connectivity index (χ1n) is 4.60. The summed E-state index contributed by atoms with van der Waals surface area (Å²) in [6.07, 6.45) is 3.42. The summed E-state index contributed by atoms with van der Waals surface area (Å²) in [5.41, 5.74) is 0.942. The van der Waals surface area contributed by atoms with Crippen LogP contribution >= 0.6 is 22.6 Å². The Bertz CT molecular complexity index is 628. The zero-order chi connectivity index (χ0) is 12.4. The molecule has 0 aliphatic heterocycles. The molecule has 0 spiro atoms. The number of hydrogen-bond donors (Lipinski definition) is 1. The van der Waals surface area contributed by atoms with Crippen LogP contribution in [0.4, 0.5) is 0 Å². The molecule has 5 nitrogen and oxygen atoms in total. The Labute approximate surface area is 110 Å². The highest BCUT2D eigenvalue weighted by molar-refractivity contribution is 14.1. The number of carboxylic acid groups (broad SMARTS) is 1. The van der Waals surface area contributed by atoms with Crippen LogP contribution in [0.15, 0.2) is 30.6 Å². The molecule has 0 bridgehead atoms. The molecule has 0 radical (unpaired) electrons. The van der Waals surface area contributed by atoms with Crippen LogP contribution < -0.4 is 0 Å². The molecule has 1 aromatic heterocycles. The first-order chi connectivity index (χ1) is 8.11. The van der Waals surface area contributed by atoms with E-state index in [1.807, 2.05) is 6.07 Å². The molecule has 1 heterocycles. The number of nitrogens with zero attached hydrogens (tertiary/aromatic N) is 3. The van der Waals surface area contributed by atoms with Crippen LogP contribution in [-0.2, 0) is 0 Å². The Morgan fingerprint density at radius 1 is 1.53 bits per heavy atom. The molecule has 1 N–H and O–H groups in total. The lowest BCUT2D eigenvalue weighted by Crippen LogP contribution is -2.02. The van der Waals surface area contributed by atoms with Gasteiger partial charge in [-0.25, -0.2) is 9.48 Å². The Kier molecular flexibility index (Phi) is 3.10. The third-order valence-corrected chi connectivity index (χ3v) is 2.72. The first-order valence-corrected chi connectivity index (χ1v) is 5.67. The maximum Gasteiger partial charge on any atom is 0.335 e. The Morgan fingerprint density at radius 3 is 2.82 bits per heavy atom. The van der Waals surface area contributed by atoms with E-state index < -0.39 is 5.97 Å². The van der Waals surface area contributed by atoms with Crippen LogP contribution in [0.2, 0.25) is 0 Å². The second-order valence-electron chi connectivity index (χ2n) is 3.25. The average Bonchev–Trinajstić information content (AvgIpc) is 2.74. The van der Waals surface area contributed by atoms with Crippen LogP contribution in [0.1, 0.15) is 15.9 Å². The van der Waals surface area contributed by atoms with E-state index in [0.29, 0.717) is 5.69 Å². The lowest BCUT2D eigenvalue weighted by atomic mass is 10.1. The van der Waals surface area contributed by atoms with Crippen molar-refractivity contribution in [2.45, 2.75) is 0 Å². The molecule has 0 unspecified atom stereocenters. The van der Waals surface area contributed by atoms with E-state index in [9.17, 15) is 4.79 Å². The molecule has 84 valence electrons. The summed E-state index contributed by atoms with van der Waals surface area (Å²) >= 11 is 2.11. The monoisotopic (exact) mass is 339 g/mol. The SMILES string of the molecule is N#Cc1cc(C(=O)O)ccc1-n1cc(I)cn1. The second-order valence-corrected chi connectivity index (χ2v) is 4.50. The van der Waals surface area contributed by atoms with Gasteiger partial charge in [0, 0.05) is 6.20 Å². The van der Waals surface area contributed by atoms with Gasteiger partial charge in [-0.3, -0.25) is 0 Å². The molecule has 0 aliphatic rings. The van der Waals surface area contributed by atoms with Gasteiger partial charge in [0.2, 0.25) is 0 Å². The van der Waals surface area contributed by atoms with Gasteiger partial charge in [0.1, 0.15) is 6.07 Å². The number of nitriles is 1. The van der Waals surface area contributed by atoms with Crippen LogP contribution in [0.3, 0.4) is 0 Å². The molecule has 0 fully saturated rings. The standard InChI is InChI=1S/C11H6IN3O2/c12-9-5-14-15(6-9)10-2-1-7(11(16)17)3-8(10)4-13/h1-3,5-6H,(H,16,17). The summed E-state index contributed by atoms with van der Waals surface area (Å²) in [4.78, 5) is 10.8. The maximum atomic E-state index is 10.8.